The number of ketones is 1. The molecule has 1 N–H and O–H groups in total. The van der Waals surface area contributed by atoms with E-state index in [0.717, 1.165) is 11.4 Å². The molecule has 0 bridgehead atoms. The zero-order chi connectivity index (χ0) is 10.4. The number of hydrogen-bond acceptors (Lipinski definition) is 3. The van der Waals surface area contributed by atoms with Crippen LogP contribution < -0.4 is 10.1 Å². The van der Waals surface area contributed by atoms with Gasteiger partial charge < -0.3 is 10.1 Å². The van der Waals surface area contributed by atoms with E-state index in [9.17, 15) is 4.79 Å². The number of rotatable bonds is 5. The van der Waals surface area contributed by atoms with E-state index >= 15 is 0 Å². The highest BCUT2D eigenvalue weighted by Gasteiger charge is 2.00. The number of benzene rings is 1. The van der Waals surface area contributed by atoms with Crippen LogP contribution in [0.3, 0.4) is 0 Å². The molecule has 0 saturated carbocycles. The molecule has 0 amide bonds. The minimum Gasteiger partial charge on any atom is -0.495 e. The maximum atomic E-state index is 10.7. The monoisotopic (exact) mass is 193 g/mol. The fraction of sp³-hybridized carbons (Fsp3) is 0.364. The van der Waals surface area contributed by atoms with Gasteiger partial charge >= 0.3 is 0 Å². The predicted molar refractivity (Wildman–Crippen MR) is 56.8 cm³/mol. The molecule has 1 aromatic rings. The maximum Gasteiger partial charge on any atom is 0.141 e. The summed E-state index contributed by atoms with van der Waals surface area (Å²) in [5.74, 6) is 0.989. The van der Waals surface area contributed by atoms with Crippen molar-refractivity contribution in [2.24, 2.45) is 0 Å². The Labute approximate surface area is 84.1 Å². The van der Waals surface area contributed by atoms with Gasteiger partial charge in [-0.2, -0.15) is 0 Å². The lowest BCUT2D eigenvalue weighted by atomic mass is 10.2. The first-order valence-electron chi connectivity index (χ1n) is 4.60. The third-order valence-electron chi connectivity index (χ3n) is 1.90. The van der Waals surface area contributed by atoms with Gasteiger partial charge in [-0.3, -0.25) is 4.79 Å². The topological polar surface area (TPSA) is 38.3 Å². The quantitative estimate of drug-likeness (QED) is 0.778. The van der Waals surface area contributed by atoms with E-state index in [1.54, 1.807) is 14.0 Å². The lowest BCUT2D eigenvalue weighted by Crippen LogP contribution is -2.06. The van der Waals surface area contributed by atoms with Crippen molar-refractivity contribution in [2.75, 3.05) is 19.0 Å². The van der Waals surface area contributed by atoms with Crippen LogP contribution in [0.25, 0.3) is 0 Å². The van der Waals surface area contributed by atoms with E-state index in [4.69, 9.17) is 4.74 Å². The summed E-state index contributed by atoms with van der Waals surface area (Å²) in [6.07, 6.45) is 0.540. The average Bonchev–Trinajstić information content (AvgIpc) is 2.18. The van der Waals surface area contributed by atoms with Crippen LogP contribution in [-0.4, -0.2) is 19.4 Å². The molecule has 14 heavy (non-hydrogen) atoms. The standard InChI is InChI=1S/C11H15NO2/c1-9(13)7-8-12-10-5-3-4-6-11(10)14-2/h3-6,12H,7-8H2,1-2H3. The van der Waals surface area contributed by atoms with Crippen LogP contribution in [0.4, 0.5) is 5.69 Å². The van der Waals surface area contributed by atoms with Crippen molar-refractivity contribution in [3.8, 4) is 5.75 Å². The fourth-order valence-corrected chi connectivity index (χ4v) is 1.16. The van der Waals surface area contributed by atoms with Gasteiger partial charge in [-0.25, -0.2) is 0 Å². The highest BCUT2D eigenvalue weighted by molar-refractivity contribution is 5.76. The summed E-state index contributed by atoms with van der Waals surface area (Å²) in [6, 6.07) is 7.66. The van der Waals surface area contributed by atoms with Gasteiger partial charge in [-0.1, -0.05) is 12.1 Å². The van der Waals surface area contributed by atoms with E-state index in [1.807, 2.05) is 24.3 Å². The van der Waals surface area contributed by atoms with E-state index in [2.05, 4.69) is 5.32 Å². The van der Waals surface area contributed by atoms with Crippen LogP contribution in [-0.2, 0) is 4.79 Å². The Morgan fingerprint density at radius 3 is 2.79 bits per heavy atom. The van der Waals surface area contributed by atoms with Crippen LogP contribution in [0.1, 0.15) is 13.3 Å². The average molecular weight is 193 g/mol. The first kappa shape index (κ1) is 10.6. The maximum absolute atomic E-state index is 10.7. The molecule has 0 atom stereocenters. The van der Waals surface area contributed by atoms with Crippen molar-refractivity contribution in [2.45, 2.75) is 13.3 Å². The largest absolute Gasteiger partial charge is 0.495 e. The number of ether oxygens (including phenoxy) is 1. The smallest absolute Gasteiger partial charge is 0.141 e. The first-order chi connectivity index (χ1) is 6.74. The summed E-state index contributed by atoms with van der Waals surface area (Å²) >= 11 is 0. The Hall–Kier alpha value is -1.51. The predicted octanol–water partition coefficient (Wildman–Crippen LogP) is 2.09. The molecule has 3 heteroatoms. The van der Waals surface area contributed by atoms with Crippen molar-refractivity contribution < 1.29 is 9.53 Å². The fourth-order valence-electron chi connectivity index (χ4n) is 1.16. The summed E-state index contributed by atoms with van der Waals surface area (Å²) in [5, 5.41) is 3.15. The summed E-state index contributed by atoms with van der Waals surface area (Å²) < 4.78 is 5.16. The van der Waals surface area contributed by atoms with E-state index in [-0.39, 0.29) is 5.78 Å². The minimum absolute atomic E-state index is 0.187. The summed E-state index contributed by atoms with van der Waals surface area (Å²) in [7, 11) is 1.63. The number of carbonyl (C=O) groups is 1. The molecule has 0 aromatic heterocycles. The molecule has 76 valence electrons. The highest BCUT2D eigenvalue weighted by atomic mass is 16.5. The van der Waals surface area contributed by atoms with Crippen molar-refractivity contribution in [1.82, 2.24) is 0 Å². The van der Waals surface area contributed by atoms with E-state index in [0.29, 0.717) is 13.0 Å². The number of para-hydroxylation sites is 2. The van der Waals surface area contributed by atoms with E-state index < -0.39 is 0 Å². The second-order valence-corrected chi connectivity index (χ2v) is 3.08. The first-order valence-corrected chi connectivity index (χ1v) is 4.60. The summed E-state index contributed by atoms with van der Waals surface area (Å²) in [5.41, 5.74) is 0.927. The van der Waals surface area contributed by atoms with Crippen LogP contribution in [0, 0.1) is 0 Å². The van der Waals surface area contributed by atoms with Crippen LogP contribution in [0.5, 0.6) is 5.75 Å². The second kappa shape index (κ2) is 5.27. The molecule has 0 unspecified atom stereocenters. The molecule has 0 radical (unpaired) electrons. The molecule has 0 aliphatic carbocycles. The number of nitrogens with one attached hydrogen (secondary N) is 1. The Kier molecular flexibility index (Phi) is 3.98. The van der Waals surface area contributed by atoms with Crippen LogP contribution in [0.2, 0.25) is 0 Å². The Bertz CT molecular complexity index is 310. The highest BCUT2D eigenvalue weighted by Crippen LogP contribution is 2.22. The molecule has 0 fully saturated rings. The molecule has 1 aromatic carbocycles. The molecule has 3 nitrogen and oxygen atoms in total. The number of Topliss-reactive ketones (excluding diaryl/α,β-unsaturated/α-hetero) is 1. The Morgan fingerprint density at radius 1 is 1.43 bits per heavy atom. The molecule has 0 aliphatic heterocycles. The second-order valence-electron chi connectivity index (χ2n) is 3.08. The zero-order valence-corrected chi connectivity index (χ0v) is 8.54. The number of hydrogen-bond donors (Lipinski definition) is 1. The van der Waals surface area contributed by atoms with Crippen LogP contribution in [0.15, 0.2) is 24.3 Å². The third kappa shape index (κ3) is 3.09. The molecule has 0 spiro atoms. The Balaban J connectivity index is 2.53. The molecule has 0 saturated heterocycles. The van der Waals surface area contributed by atoms with Gasteiger partial charge in [0.2, 0.25) is 0 Å². The Morgan fingerprint density at radius 2 is 2.14 bits per heavy atom. The molecular formula is C11H15NO2. The minimum atomic E-state index is 0.187. The molecule has 0 heterocycles. The third-order valence-corrected chi connectivity index (χ3v) is 1.90. The normalized spacial score (nSPS) is 9.57. The van der Waals surface area contributed by atoms with Crippen molar-refractivity contribution in [3.05, 3.63) is 24.3 Å². The van der Waals surface area contributed by atoms with Gasteiger partial charge in [0.25, 0.3) is 0 Å². The van der Waals surface area contributed by atoms with Gasteiger partial charge in [0.1, 0.15) is 11.5 Å². The van der Waals surface area contributed by atoms with Crippen molar-refractivity contribution in [1.29, 1.82) is 0 Å². The molecular weight excluding hydrogens is 178 g/mol. The van der Waals surface area contributed by atoms with Crippen molar-refractivity contribution in [3.63, 3.8) is 0 Å². The summed E-state index contributed by atoms with van der Waals surface area (Å²) in [6.45, 7) is 2.24. The lowest BCUT2D eigenvalue weighted by molar-refractivity contribution is -0.116. The number of anilines is 1. The van der Waals surface area contributed by atoms with Crippen molar-refractivity contribution >= 4 is 11.5 Å². The lowest BCUT2D eigenvalue weighted by Gasteiger charge is -2.09. The number of methoxy groups -OCH3 is 1. The molecule has 0 aliphatic rings. The summed E-state index contributed by atoms with van der Waals surface area (Å²) in [4.78, 5) is 10.7. The van der Waals surface area contributed by atoms with Gasteiger partial charge in [0.15, 0.2) is 0 Å². The zero-order valence-electron chi connectivity index (χ0n) is 8.54. The van der Waals surface area contributed by atoms with Gasteiger partial charge in [0, 0.05) is 13.0 Å². The van der Waals surface area contributed by atoms with Gasteiger partial charge in [-0.15, -0.1) is 0 Å². The SMILES string of the molecule is COc1ccccc1NCCC(C)=O. The van der Waals surface area contributed by atoms with E-state index in [1.165, 1.54) is 0 Å². The van der Waals surface area contributed by atoms with Gasteiger partial charge in [-0.05, 0) is 19.1 Å². The number of carbonyl (C=O) groups excluding carboxylic acids is 1. The van der Waals surface area contributed by atoms with Crippen LogP contribution >= 0.6 is 0 Å². The molecule has 1 rings (SSSR count). The van der Waals surface area contributed by atoms with Gasteiger partial charge in [0.05, 0.1) is 12.8 Å².